The molecule has 0 fully saturated rings. The molecule has 0 spiro atoms. The average molecular weight is 489 g/mol. The molecular formula is C27H40N2O4S. The minimum atomic E-state index is -4.23. The van der Waals surface area contributed by atoms with E-state index >= 15 is 0 Å². The van der Waals surface area contributed by atoms with Crippen LogP contribution in [0.15, 0.2) is 57.6 Å². The molecule has 2 aromatic carbocycles. The third-order valence-electron chi connectivity index (χ3n) is 6.02. The summed E-state index contributed by atoms with van der Waals surface area (Å²) in [4.78, 5) is -0.181. The molecule has 2 N–H and O–H groups in total. The van der Waals surface area contributed by atoms with Gasteiger partial charge in [0.15, 0.2) is 0 Å². The number of phenolic OH excluding ortho intramolecular Hbond substituents is 1. The number of benzene rings is 2. The van der Waals surface area contributed by atoms with Crippen molar-refractivity contribution < 1.29 is 18.1 Å². The van der Waals surface area contributed by atoms with Gasteiger partial charge in [-0.2, -0.15) is 18.6 Å². The van der Waals surface area contributed by atoms with Crippen LogP contribution in [0.25, 0.3) is 0 Å². The molecule has 2 rings (SSSR count). The first-order valence-corrected chi connectivity index (χ1v) is 14.2. The standard InChI is InChI=1S/C27H40N2O4S/c1-2-3-4-5-6-7-8-9-10-11-12-13-14-15-23-22-25(30)18-21-27(23)29-28-24-16-19-26(20-17-24)34(31,32)33/h16-22,30H,2-15H2,1H3,(H,31,32,33). The first kappa shape index (κ1) is 28.0. The lowest BCUT2D eigenvalue weighted by atomic mass is 10.0. The lowest BCUT2D eigenvalue weighted by Crippen LogP contribution is -1.96. The van der Waals surface area contributed by atoms with Gasteiger partial charge in [0, 0.05) is 0 Å². The second kappa shape index (κ2) is 15.6. The first-order valence-electron chi connectivity index (χ1n) is 12.7. The van der Waals surface area contributed by atoms with E-state index in [1.54, 1.807) is 18.2 Å². The van der Waals surface area contributed by atoms with Crippen LogP contribution in [0.5, 0.6) is 5.75 Å². The van der Waals surface area contributed by atoms with Gasteiger partial charge in [-0.1, -0.05) is 84.0 Å². The zero-order valence-electron chi connectivity index (χ0n) is 20.5. The molecule has 0 heterocycles. The Morgan fingerprint density at radius 2 is 1.24 bits per heavy atom. The highest BCUT2D eigenvalue weighted by molar-refractivity contribution is 7.85. The molecule has 0 bridgehead atoms. The Kier molecular flexibility index (Phi) is 12.9. The third kappa shape index (κ3) is 11.3. The van der Waals surface area contributed by atoms with Crippen LogP contribution < -0.4 is 0 Å². The van der Waals surface area contributed by atoms with Gasteiger partial charge in [-0.25, -0.2) is 0 Å². The minimum absolute atomic E-state index is 0.181. The van der Waals surface area contributed by atoms with Gasteiger partial charge in [0.25, 0.3) is 10.1 Å². The second-order valence-corrected chi connectivity index (χ2v) is 10.4. The largest absolute Gasteiger partial charge is 0.508 e. The average Bonchev–Trinajstić information content (AvgIpc) is 2.81. The normalized spacial score (nSPS) is 11.9. The smallest absolute Gasteiger partial charge is 0.294 e. The van der Waals surface area contributed by atoms with E-state index in [4.69, 9.17) is 4.55 Å². The van der Waals surface area contributed by atoms with Gasteiger partial charge in [0.05, 0.1) is 16.3 Å². The molecule has 0 saturated heterocycles. The Labute approximate surface area is 205 Å². The van der Waals surface area contributed by atoms with Gasteiger partial charge in [0.2, 0.25) is 0 Å². The Balaban J connectivity index is 1.70. The molecule has 0 saturated carbocycles. The van der Waals surface area contributed by atoms with Crippen molar-refractivity contribution in [2.75, 3.05) is 0 Å². The highest BCUT2D eigenvalue weighted by atomic mass is 32.2. The van der Waals surface area contributed by atoms with E-state index in [-0.39, 0.29) is 10.6 Å². The highest BCUT2D eigenvalue weighted by Gasteiger charge is 2.08. The monoisotopic (exact) mass is 488 g/mol. The number of nitrogens with zero attached hydrogens (tertiary/aromatic N) is 2. The summed E-state index contributed by atoms with van der Waals surface area (Å²) in [5.74, 6) is 0.209. The number of aryl methyl sites for hydroxylation is 1. The molecule has 0 atom stereocenters. The number of rotatable bonds is 17. The number of unbranched alkanes of at least 4 members (excludes halogenated alkanes) is 12. The molecule has 0 aromatic heterocycles. The fraction of sp³-hybridized carbons (Fsp3) is 0.556. The Hall–Kier alpha value is -2.25. The van der Waals surface area contributed by atoms with Crippen molar-refractivity contribution in [1.29, 1.82) is 0 Å². The highest BCUT2D eigenvalue weighted by Crippen LogP contribution is 2.28. The molecular weight excluding hydrogens is 448 g/mol. The van der Waals surface area contributed by atoms with Crippen molar-refractivity contribution in [3.8, 4) is 5.75 Å². The van der Waals surface area contributed by atoms with E-state index in [0.29, 0.717) is 11.4 Å². The van der Waals surface area contributed by atoms with Crippen LogP contribution in [-0.2, 0) is 16.5 Å². The Morgan fingerprint density at radius 3 is 1.76 bits per heavy atom. The van der Waals surface area contributed by atoms with E-state index in [9.17, 15) is 13.5 Å². The molecule has 188 valence electrons. The van der Waals surface area contributed by atoms with Crippen LogP contribution in [0.1, 0.15) is 96.0 Å². The molecule has 34 heavy (non-hydrogen) atoms. The Morgan fingerprint density at radius 1 is 0.706 bits per heavy atom. The maximum atomic E-state index is 11.1. The van der Waals surface area contributed by atoms with E-state index in [1.165, 1.54) is 94.9 Å². The summed E-state index contributed by atoms with van der Waals surface area (Å²) in [6, 6.07) is 10.6. The zero-order valence-corrected chi connectivity index (χ0v) is 21.3. The lowest BCUT2D eigenvalue weighted by Gasteiger charge is -2.06. The molecule has 2 aromatic rings. The number of hydrogen-bond donors (Lipinski definition) is 2. The van der Waals surface area contributed by atoms with Crippen molar-refractivity contribution in [2.45, 2.75) is 102 Å². The lowest BCUT2D eigenvalue weighted by molar-refractivity contribution is 0.474. The first-order chi connectivity index (χ1) is 16.4. The van der Waals surface area contributed by atoms with Crippen LogP contribution in [0, 0.1) is 0 Å². The summed E-state index contributed by atoms with van der Waals surface area (Å²) in [5.41, 5.74) is 2.12. The molecule has 6 nitrogen and oxygen atoms in total. The summed E-state index contributed by atoms with van der Waals surface area (Å²) >= 11 is 0. The van der Waals surface area contributed by atoms with E-state index < -0.39 is 10.1 Å². The van der Waals surface area contributed by atoms with Gasteiger partial charge in [0.1, 0.15) is 5.75 Å². The number of phenols is 1. The van der Waals surface area contributed by atoms with Crippen molar-refractivity contribution in [1.82, 2.24) is 0 Å². The topological polar surface area (TPSA) is 99.3 Å². The van der Waals surface area contributed by atoms with Crippen LogP contribution in [-0.4, -0.2) is 18.1 Å². The van der Waals surface area contributed by atoms with E-state index in [1.807, 2.05) is 0 Å². The van der Waals surface area contributed by atoms with Gasteiger partial charge in [-0.3, -0.25) is 4.55 Å². The summed E-state index contributed by atoms with van der Waals surface area (Å²) in [6.45, 7) is 2.26. The maximum Gasteiger partial charge on any atom is 0.294 e. The summed E-state index contributed by atoms with van der Waals surface area (Å²) in [6.07, 6.45) is 17.8. The molecule has 0 amide bonds. The van der Waals surface area contributed by atoms with Crippen molar-refractivity contribution >= 4 is 21.5 Å². The predicted molar refractivity (Wildman–Crippen MR) is 138 cm³/mol. The van der Waals surface area contributed by atoms with Gasteiger partial charge in [-0.15, -0.1) is 0 Å². The Bertz CT molecular complexity index is 973. The van der Waals surface area contributed by atoms with Crippen LogP contribution >= 0.6 is 0 Å². The number of hydrogen-bond acceptors (Lipinski definition) is 5. The second-order valence-electron chi connectivity index (χ2n) is 8.97. The van der Waals surface area contributed by atoms with Crippen molar-refractivity contribution in [2.24, 2.45) is 10.2 Å². The minimum Gasteiger partial charge on any atom is -0.508 e. The molecule has 7 heteroatoms. The summed E-state index contributed by atoms with van der Waals surface area (Å²) in [5, 5.41) is 18.3. The fourth-order valence-electron chi connectivity index (χ4n) is 4.00. The molecule has 0 aliphatic rings. The van der Waals surface area contributed by atoms with Crippen molar-refractivity contribution in [3.05, 3.63) is 48.0 Å². The summed E-state index contributed by atoms with van der Waals surface area (Å²) < 4.78 is 31.3. The quantitative estimate of drug-likeness (QED) is 0.132. The zero-order chi connectivity index (χ0) is 24.7. The van der Waals surface area contributed by atoms with Crippen LogP contribution in [0.2, 0.25) is 0 Å². The summed E-state index contributed by atoms with van der Waals surface area (Å²) in [7, 11) is -4.23. The maximum absolute atomic E-state index is 11.1. The fourth-order valence-corrected chi connectivity index (χ4v) is 4.48. The molecule has 0 unspecified atom stereocenters. The van der Waals surface area contributed by atoms with Gasteiger partial charge >= 0.3 is 0 Å². The third-order valence-corrected chi connectivity index (χ3v) is 6.89. The van der Waals surface area contributed by atoms with Crippen LogP contribution in [0.3, 0.4) is 0 Å². The SMILES string of the molecule is CCCCCCCCCCCCCCCc1cc(O)ccc1N=Nc1ccc(S(=O)(=O)O)cc1. The van der Waals surface area contributed by atoms with Gasteiger partial charge in [-0.05, 0) is 60.9 Å². The van der Waals surface area contributed by atoms with Crippen molar-refractivity contribution in [3.63, 3.8) is 0 Å². The van der Waals surface area contributed by atoms with E-state index in [0.717, 1.165) is 24.8 Å². The van der Waals surface area contributed by atoms with Crippen LogP contribution in [0.4, 0.5) is 11.4 Å². The van der Waals surface area contributed by atoms with Gasteiger partial charge < -0.3 is 5.11 Å². The molecule has 0 aliphatic carbocycles. The predicted octanol–water partition coefficient (Wildman–Crippen LogP) is 8.69. The molecule has 0 radical (unpaired) electrons. The molecule has 0 aliphatic heterocycles. The number of aromatic hydroxyl groups is 1. The number of azo groups is 1. The van der Waals surface area contributed by atoms with E-state index in [2.05, 4.69) is 17.2 Å².